The van der Waals surface area contributed by atoms with Crippen LogP contribution in [-0.2, 0) is 19.3 Å². The first-order valence-corrected chi connectivity index (χ1v) is 7.44. The lowest BCUT2D eigenvalue weighted by Gasteiger charge is -2.26. The Morgan fingerprint density at radius 1 is 1.00 bits per heavy atom. The third-order valence-corrected chi connectivity index (χ3v) is 4.48. The summed E-state index contributed by atoms with van der Waals surface area (Å²) >= 11 is 0. The van der Waals surface area contributed by atoms with E-state index < -0.39 is 17.5 Å². The van der Waals surface area contributed by atoms with Crippen molar-refractivity contribution < 1.29 is 17.6 Å². The molecule has 0 aliphatic heterocycles. The third-order valence-electron chi connectivity index (χ3n) is 4.48. The average Bonchev–Trinajstić information content (AvgIpc) is 2.52. The molecule has 0 saturated carbocycles. The number of aryl methyl sites for hydroxylation is 1. The van der Waals surface area contributed by atoms with E-state index in [-0.39, 0.29) is 23.7 Å². The lowest BCUT2D eigenvalue weighted by Crippen LogP contribution is -2.17. The molecule has 0 bridgehead atoms. The maximum Gasteiger partial charge on any atom is 0.194 e. The summed E-state index contributed by atoms with van der Waals surface area (Å²) in [6.07, 6.45) is 1.89. The molecular formula is C18H16F4. The topological polar surface area (TPSA) is 0 Å². The molecule has 1 atom stereocenters. The second kappa shape index (κ2) is 5.75. The van der Waals surface area contributed by atoms with Gasteiger partial charge in [-0.1, -0.05) is 19.1 Å². The zero-order valence-corrected chi connectivity index (χ0v) is 12.2. The van der Waals surface area contributed by atoms with Crippen LogP contribution in [0.5, 0.6) is 0 Å². The van der Waals surface area contributed by atoms with Crippen molar-refractivity contribution in [1.29, 1.82) is 0 Å². The van der Waals surface area contributed by atoms with Crippen LogP contribution in [0.25, 0.3) is 0 Å². The standard InChI is InChI=1S/C18H16F4/c1-2-10-3-5-13(15(19)7-10)11-4-6-14-12(8-11)9-16(20)18(22)17(14)21/h3,5,7,9,11H,2,4,6,8H2,1H3. The van der Waals surface area contributed by atoms with Crippen LogP contribution in [0.1, 0.15) is 41.5 Å². The fourth-order valence-electron chi connectivity index (χ4n) is 3.21. The van der Waals surface area contributed by atoms with Gasteiger partial charge in [-0.2, -0.15) is 0 Å². The molecule has 116 valence electrons. The van der Waals surface area contributed by atoms with E-state index in [1.54, 1.807) is 6.07 Å². The molecule has 2 aromatic rings. The van der Waals surface area contributed by atoms with Gasteiger partial charge in [0.25, 0.3) is 0 Å². The summed E-state index contributed by atoms with van der Waals surface area (Å²) < 4.78 is 54.6. The molecule has 1 unspecified atom stereocenters. The van der Waals surface area contributed by atoms with Gasteiger partial charge in [-0.15, -0.1) is 0 Å². The summed E-state index contributed by atoms with van der Waals surface area (Å²) in [5, 5.41) is 0. The molecule has 0 fully saturated rings. The van der Waals surface area contributed by atoms with E-state index in [0.717, 1.165) is 18.1 Å². The van der Waals surface area contributed by atoms with Crippen molar-refractivity contribution in [1.82, 2.24) is 0 Å². The first-order chi connectivity index (χ1) is 10.5. The van der Waals surface area contributed by atoms with Gasteiger partial charge in [-0.3, -0.25) is 0 Å². The molecule has 1 aliphatic carbocycles. The van der Waals surface area contributed by atoms with Crippen molar-refractivity contribution in [2.75, 3.05) is 0 Å². The highest BCUT2D eigenvalue weighted by molar-refractivity contribution is 5.37. The molecule has 0 radical (unpaired) electrons. The Kier molecular flexibility index (Phi) is 3.94. The fraction of sp³-hybridized carbons (Fsp3) is 0.333. The summed E-state index contributed by atoms with van der Waals surface area (Å²) in [7, 11) is 0. The maximum atomic E-state index is 14.2. The minimum Gasteiger partial charge on any atom is -0.207 e. The maximum absolute atomic E-state index is 14.2. The average molecular weight is 308 g/mol. The quantitative estimate of drug-likeness (QED) is 0.536. The molecule has 22 heavy (non-hydrogen) atoms. The summed E-state index contributed by atoms with van der Waals surface area (Å²) in [5.41, 5.74) is 2.14. The van der Waals surface area contributed by atoms with Crippen LogP contribution in [0.2, 0.25) is 0 Å². The van der Waals surface area contributed by atoms with Crippen LogP contribution in [0.4, 0.5) is 17.6 Å². The summed E-state index contributed by atoms with van der Waals surface area (Å²) in [4.78, 5) is 0. The van der Waals surface area contributed by atoms with Crippen LogP contribution in [-0.4, -0.2) is 0 Å². The molecule has 0 nitrogen and oxygen atoms in total. The minimum absolute atomic E-state index is 0.136. The number of benzene rings is 2. The molecule has 0 heterocycles. The number of hydrogen-bond donors (Lipinski definition) is 0. The van der Waals surface area contributed by atoms with Crippen LogP contribution >= 0.6 is 0 Å². The Bertz CT molecular complexity index is 722. The first kappa shape index (κ1) is 15.1. The Morgan fingerprint density at radius 2 is 1.77 bits per heavy atom. The van der Waals surface area contributed by atoms with Crippen molar-refractivity contribution in [2.24, 2.45) is 0 Å². The van der Waals surface area contributed by atoms with Gasteiger partial charge in [0.15, 0.2) is 17.5 Å². The van der Waals surface area contributed by atoms with Crippen molar-refractivity contribution in [2.45, 2.75) is 38.5 Å². The Hall–Kier alpha value is -1.84. The highest BCUT2D eigenvalue weighted by Gasteiger charge is 2.27. The molecule has 0 spiro atoms. The van der Waals surface area contributed by atoms with E-state index in [9.17, 15) is 17.6 Å². The van der Waals surface area contributed by atoms with Crippen molar-refractivity contribution >= 4 is 0 Å². The second-order valence-corrected chi connectivity index (χ2v) is 5.77. The molecule has 4 heteroatoms. The molecule has 0 N–H and O–H groups in total. The fourth-order valence-corrected chi connectivity index (χ4v) is 3.21. The normalized spacial score (nSPS) is 17.4. The summed E-state index contributed by atoms with van der Waals surface area (Å²) in [6, 6.07) is 6.18. The van der Waals surface area contributed by atoms with Crippen molar-refractivity contribution in [3.05, 3.63) is 69.8 Å². The second-order valence-electron chi connectivity index (χ2n) is 5.77. The number of hydrogen-bond acceptors (Lipinski definition) is 0. The Labute approximate surface area is 126 Å². The SMILES string of the molecule is CCc1ccc(C2CCc3c(cc(F)c(F)c3F)C2)c(F)c1. The first-order valence-electron chi connectivity index (χ1n) is 7.44. The monoisotopic (exact) mass is 308 g/mol. The van der Waals surface area contributed by atoms with E-state index in [1.807, 2.05) is 13.0 Å². The zero-order chi connectivity index (χ0) is 15.9. The number of fused-ring (bicyclic) bond motifs is 1. The van der Waals surface area contributed by atoms with Crippen molar-refractivity contribution in [3.63, 3.8) is 0 Å². The van der Waals surface area contributed by atoms with Crippen LogP contribution < -0.4 is 0 Å². The molecule has 0 aromatic heterocycles. The largest absolute Gasteiger partial charge is 0.207 e. The van der Waals surface area contributed by atoms with Gasteiger partial charge in [0, 0.05) is 0 Å². The van der Waals surface area contributed by atoms with Crippen LogP contribution in [0.15, 0.2) is 24.3 Å². The van der Waals surface area contributed by atoms with E-state index in [0.29, 0.717) is 24.0 Å². The molecule has 3 rings (SSSR count). The highest BCUT2D eigenvalue weighted by atomic mass is 19.2. The van der Waals surface area contributed by atoms with E-state index in [2.05, 4.69) is 0 Å². The van der Waals surface area contributed by atoms with Gasteiger partial charge < -0.3 is 0 Å². The van der Waals surface area contributed by atoms with Gasteiger partial charge in [-0.05, 0) is 66.0 Å². The van der Waals surface area contributed by atoms with E-state index in [1.165, 1.54) is 6.07 Å². The predicted octanol–water partition coefficient (Wildman–Crippen LogP) is 5.08. The minimum atomic E-state index is -1.42. The lowest BCUT2D eigenvalue weighted by molar-refractivity contribution is 0.427. The molecule has 0 saturated heterocycles. The van der Waals surface area contributed by atoms with Gasteiger partial charge in [0.1, 0.15) is 5.82 Å². The van der Waals surface area contributed by atoms with Crippen LogP contribution in [0, 0.1) is 23.3 Å². The third kappa shape index (κ3) is 2.51. The van der Waals surface area contributed by atoms with Gasteiger partial charge in [-0.25, -0.2) is 17.6 Å². The van der Waals surface area contributed by atoms with Crippen LogP contribution in [0.3, 0.4) is 0 Å². The smallest absolute Gasteiger partial charge is 0.194 e. The molecular weight excluding hydrogens is 292 g/mol. The van der Waals surface area contributed by atoms with E-state index in [4.69, 9.17) is 0 Å². The van der Waals surface area contributed by atoms with Gasteiger partial charge in [0.2, 0.25) is 0 Å². The Balaban J connectivity index is 1.95. The predicted molar refractivity (Wildman–Crippen MR) is 76.9 cm³/mol. The molecule has 2 aromatic carbocycles. The summed E-state index contributed by atoms with van der Waals surface area (Å²) in [6.45, 7) is 1.95. The number of rotatable bonds is 2. The molecule has 0 amide bonds. The van der Waals surface area contributed by atoms with Crippen molar-refractivity contribution in [3.8, 4) is 0 Å². The van der Waals surface area contributed by atoms with Gasteiger partial charge in [0.05, 0.1) is 0 Å². The number of halogens is 4. The zero-order valence-electron chi connectivity index (χ0n) is 12.2. The van der Waals surface area contributed by atoms with Gasteiger partial charge >= 0.3 is 0 Å². The lowest BCUT2D eigenvalue weighted by atomic mass is 9.79. The van der Waals surface area contributed by atoms with E-state index >= 15 is 0 Å². The summed E-state index contributed by atoms with van der Waals surface area (Å²) in [5.74, 6) is -4.12. The molecule has 1 aliphatic rings. The highest BCUT2D eigenvalue weighted by Crippen LogP contribution is 2.36. The Morgan fingerprint density at radius 3 is 2.45 bits per heavy atom.